The van der Waals surface area contributed by atoms with Gasteiger partial charge in [0.05, 0.1) is 17.6 Å². The van der Waals surface area contributed by atoms with Crippen molar-refractivity contribution in [1.29, 1.82) is 0 Å². The van der Waals surface area contributed by atoms with Gasteiger partial charge in [0.2, 0.25) is 0 Å². The van der Waals surface area contributed by atoms with E-state index in [2.05, 4.69) is 15.2 Å². The lowest BCUT2D eigenvalue weighted by Crippen LogP contribution is -2.01. The number of carbonyl (C=O) groups is 1. The first-order chi connectivity index (χ1) is 17.8. The zero-order valence-electron chi connectivity index (χ0n) is 19.3. The number of hydrogen-bond donors (Lipinski definition) is 2. The summed E-state index contributed by atoms with van der Waals surface area (Å²) in [6, 6.07) is 27.5. The number of azo groups is 1. The van der Waals surface area contributed by atoms with Gasteiger partial charge < -0.3 is 5.73 Å². The van der Waals surface area contributed by atoms with Gasteiger partial charge in [-0.05, 0) is 18.2 Å². The molecule has 5 rings (SSSR count). The minimum Gasteiger partial charge on any atom is -0.396 e. The summed E-state index contributed by atoms with van der Waals surface area (Å²) >= 11 is 0. The number of rotatable bonds is 6. The fraction of sp³-hybridized carbons (Fsp3) is 0. The third-order valence-corrected chi connectivity index (χ3v) is 6.70. The Labute approximate surface area is 212 Å². The van der Waals surface area contributed by atoms with E-state index in [0.717, 1.165) is 5.56 Å². The second-order valence-electron chi connectivity index (χ2n) is 8.20. The Balaban J connectivity index is 1.39. The Morgan fingerprint density at radius 1 is 0.784 bits per heavy atom. The fourth-order valence-electron chi connectivity index (χ4n) is 3.92. The minimum atomic E-state index is -4.50. The molecule has 0 aliphatic rings. The summed E-state index contributed by atoms with van der Waals surface area (Å²) in [5, 5.41) is 8.98. The normalized spacial score (nSPS) is 11.7. The van der Waals surface area contributed by atoms with Crippen molar-refractivity contribution in [1.82, 2.24) is 4.98 Å². The van der Waals surface area contributed by atoms with Crippen LogP contribution in [-0.2, 0) is 10.1 Å². The van der Waals surface area contributed by atoms with Crippen LogP contribution in [0.25, 0.3) is 22.0 Å². The molecule has 182 valence electrons. The minimum absolute atomic E-state index is 0.0546. The average molecular weight is 509 g/mol. The van der Waals surface area contributed by atoms with Crippen molar-refractivity contribution in [3.63, 3.8) is 0 Å². The van der Waals surface area contributed by atoms with Crippen molar-refractivity contribution in [2.45, 2.75) is 4.90 Å². The second-order valence-corrected chi connectivity index (χ2v) is 9.59. The molecule has 0 fully saturated rings. The lowest BCUT2D eigenvalue weighted by atomic mass is 10.0. The quantitative estimate of drug-likeness (QED) is 0.118. The average Bonchev–Trinajstić information content (AvgIpc) is 2.92. The maximum absolute atomic E-state index is 12.6. The molecular formula is C28H20N4O4S. The standard InChI is InChI=1S/C28H20N4O4S/c29-27-23-9-5-4-8-22(23)26(37(34,35)36)16-25(27)32-31-21-14-15-24(30-17-21)18-10-12-20(13-11-18)28(33)19-6-2-1-3-7-19/h1-17H,29H2,(H,34,35,36)/b32-31+. The van der Waals surface area contributed by atoms with E-state index >= 15 is 0 Å². The largest absolute Gasteiger partial charge is 0.396 e. The van der Waals surface area contributed by atoms with Crippen molar-refractivity contribution >= 4 is 43.7 Å². The molecule has 0 amide bonds. The van der Waals surface area contributed by atoms with Gasteiger partial charge in [-0.25, -0.2) is 0 Å². The highest BCUT2D eigenvalue weighted by Crippen LogP contribution is 2.36. The van der Waals surface area contributed by atoms with Crippen molar-refractivity contribution in [2.24, 2.45) is 10.2 Å². The molecule has 5 aromatic rings. The lowest BCUT2D eigenvalue weighted by Gasteiger charge is -2.09. The third-order valence-electron chi connectivity index (χ3n) is 5.80. The molecule has 37 heavy (non-hydrogen) atoms. The summed E-state index contributed by atoms with van der Waals surface area (Å²) in [4.78, 5) is 16.7. The third kappa shape index (κ3) is 4.99. The molecule has 9 heteroatoms. The van der Waals surface area contributed by atoms with Crippen molar-refractivity contribution < 1.29 is 17.8 Å². The first-order valence-corrected chi connectivity index (χ1v) is 12.6. The zero-order valence-corrected chi connectivity index (χ0v) is 20.1. The molecular weight excluding hydrogens is 488 g/mol. The summed E-state index contributed by atoms with van der Waals surface area (Å²) < 4.78 is 33.5. The van der Waals surface area contributed by atoms with Crippen LogP contribution in [0.5, 0.6) is 0 Å². The number of nitrogens with zero attached hydrogens (tertiary/aromatic N) is 3. The van der Waals surface area contributed by atoms with E-state index in [1.54, 1.807) is 60.7 Å². The van der Waals surface area contributed by atoms with Gasteiger partial charge in [-0.15, -0.1) is 10.2 Å². The van der Waals surface area contributed by atoms with Gasteiger partial charge in [-0.3, -0.25) is 14.3 Å². The fourth-order valence-corrected chi connectivity index (χ4v) is 4.64. The highest BCUT2D eigenvalue weighted by molar-refractivity contribution is 7.86. The second kappa shape index (κ2) is 9.73. The summed E-state index contributed by atoms with van der Waals surface area (Å²) in [5.41, 5.74) is 9.66. The van der Waals surface area contributed by atoms with Crippen LogP contribution >= 0.6 is 0 Å². The molecule has 0 radical (unpaired) electrons. The van der Waals surface area contributed by atoms with Crippen LogP contribution in [0.1, 0.15) is 15.9 Å². The molecule has 8 nitrogen and oxygen atoms in total. The summed E-state index contributed by atoms with van der Waals surface area (Å²) in [6.07, 6.45) is 1.52. The van der Waals surface area contributed by atoms with Crippen LogP contribution in [0.2, 0.25) is 0 Å². The molecule has 0 unspecified atom stereocenters. The van der Waals surface area contributed by atoms with Crippen LogP contribution in [-0.4, -0.2) is 23.7 Å². The van der Waals surface area contributed by atoms with Gasteiger partial charge in [-0.1, -0.05) is 78.9 Å². The predicted octanol–water partition coefficient (Wildman–Crippen LogP) is 6.38. The van der Waals surface area contributed by atoms with Gasteiger partial charge in [0, 0.05) is 27.5 Å². The van der Waals surface area contributed by atoms with Crippen LogP contribution in [0.4, 0.5) is 17.1 Å². The summed E-state index contributed by atoms with van der Waals surface area (Å²) in [7, 11) is -4.50. The molecule has 0 bridgehead atoms. The van der Waals surface area contributed by atoms with Crippen LogP contribution in [0.15, 0.2) is 118 Å². The monoisotopic (exact) mass is 508 g/mol. The first-order valence-electron chi connectivity index (χ1n) is 11.2. The number of pyridine rings is 1. The molecule has 0 saturated carbocycles. The maximum atomic E-state index is 12.6. The Morgan fingerprint density at radius 3 is 2.08 bits per heavy atom. The van der Waals surface area contributed by atoms with E-state index in [9.17, 15) is 17.8 Å². The zero-order chi connectivity index (χ0) is 26.0. The topological polar surface area (TPSA) is 135 Å². The van der Waals surface area contributed by atoms with E-state index in [1.165, 1.54) is 12.3 Å². The Bertz CT molecular complexity index is 1750. The molecule has 0 saturated heterocycles. The Hall–Kier alpha value is -4.73. The number of carbonyl (C=O) groups excluding carboxylic acids is 1. The van der Waals surface area contributed by atoms with E-state index in [1.807, 2.05) is 30.3 Å². The smallest absolute Gasteiger partial charge is 0.295 e. The SMILES string of the molecule is Nc1c(/N=N/c2ccc(-c3ccc(C(=O)c4ccccc4)cc3)nc2)cc(S(=O)(=O)O)c2ccccc12. The van der Waals surface area contributed by atoms with E-state index in [0.29, 0.717) is 33.3 Å². The van der Waals surface area contributed by atoms with Gasteiger partial charge in [0.1, 0.15) is 16.3 Å². The van der Waals surface area contributed by atoms with Crippen molar-refractivity contribution in [3.8, 4) is 11.3 Å². The summed E-state index contributed by atoms with van der Waals surface area (Å²) in [6.45, 7) is 0. The van der Waals surface area contributed by atoms with E-state index < -0.39 is 10.1 Å². The molecule has 1 aromatic heterocycles. The molecule has 3 N–H and O–H groups in total. The number of ketones is 1. The van der Waals surface area contributed by atoms with E-state index in [-0.39, 0.29) is 22.1 Å². The van der Waals surface area contributed by atoms with Crippen LogP contribution in [0, 0.1) is 0 Å². The Kier molecular flexibility index (Phi) is 6.31. The van der Waals surface area contributed by atoms with Crippen molar-refractivity contribution in [2.75, 3.05) is 5.73 Å². The molecule has 0 aliphatic heterocycles. The molecule has 0 atom stereocenters. The Morgan fingerprint density at radius 2 is 1.43 bits per heavy atom. The van der Waals surface area contributed by atoms with Gasteiger partial charge in [0.15, 0.2) is 5.78 Å². The lowest BCUT2D eigenvalue weighted by molar-refractivity contribution is 0.103. The van der Waals surface area contributed by atoms with Crippen LogP contribution in [0.3, 0.4) is 0 Å². The van der Waals surface area contributed by atoms with Gasteiger partial charge in [-0.2, -0.15) is 8.42 Å². The van der Waals surface area contributed by atoms with Crippen LogP contribution < -0.4 is 5.73 Å². The number of fused-ring (bicyclic) bond motifs is 1. The number of aromatic nitrogens is 1. The number of benzene rings is 4. The predicted molar refractivity (Wildman–Crippen MR) is 142 cm³/mol. The number of hydrogen-bond acceptors (Lipinski definition) is 7. The highest BCUT2D eigenvalue weighted by atomic mass is 32.2. The molecule has 0 aliphatic carbocycles. The van der Waals surface area contributed by atoms with Gasteiger partial charge in [0.25, 0.3) is 10.1 Å². The van der Waals surface area contributed by atoms with Crippen molar-refractivity contribution in [3.05, 3.63) is 114 Å². The molecule has 1 heterocycles. The molecule has 4 aromatic carbocycles. The van der Waals surface area contributed by atoms with E-state index in [4.69, 9.17) is 5.73 Å². The first kappa shape index (κ1) is 24.0. The number of nitrogen functional groups attached to an aromatic ring is 1. The maximum Gasteiger partial charge on any atom is 0.295 e. The summed E-state index contributed by atoms with van der Waals surface area (Å²) in [5.74, 6) is -0.0546. The number of anilines is 1. The molecule has 0 spiro atoms. The highest BCUT2D eigenvalue weighted by Gasteiger charge is 2.18. The number of nitrogens with two attached hydrogens (primary N) is 1. The van der Waals surface area contributed by atoms with Gasteiger partial charge >= 0.3 is 0 Å².